The third-order valence-corrected chi connectivity index (χ3v) is 6.20. The Hall–Kier alpha value is -3.08. The maximum atomic E-state index is 13.8. The number of ether oxygens (including phenoxy) is 1. The Morgan fingerprint density at radius 1 is 1.33 bits per heavy atom. The molecule has 30 heavy (non-hydrogen) atoms. The fourth-order valence-electron chi connectivity index (χ4n) is 3.67. The van der Waals surface area contributed by atoms with Crippen LogP contribution in [0.15, 0.2) is 48.0 Å². The number of carbonyl (C=O) groups excluding carboxylic acids is 1. The second-order valence-electron chi connectivity index (χ2n) is 7.59. The second-order valence-corrected chi connectivity index (χ2v) is 8.22. The standard InChI is InChI=1S/C23H22N4O2S/c1-15-8-10-23(14-26-15,29-22-16(2)18(12-24)9-11-25-22)21(28)20-19(13-30-27-20)17-6-4-3-5-7-17/h3-7,9,11,13,15,26H,8,10,14H2,1-2H3/t15-,23-/m1/s1. The molecule has 3 heterocycles. The molecule has 1 saturated heterocycles. The number of benzene rings is 1. The van der Waals surface area contributed by atoms with Crippen LogP contribution in [0.3, 0.4) is 0 Å². The van der Waals surface area contributed by atoms with Crippen molar-refractivity contribution in [2.75, 3.05) is 6.54 Å². The molecule has 0 amide bonds. The summed E-state index contributed by atoms with van der Waals surface area (Å²) in [6.07, 6.45) is 2.87. The largest absolute Gasteiger partial charge is 0.461 e. The molecular formula is C23H22N4O2S. The highest BCUT2D eigenvalue weighted by Crippen LogP contribution is 2.34. The number of rotatable bonds is 5. The lowest BCUT2D eigenvalue weighted by molar-refractivity contribution is 0.0257. The maximum Gasteiger partial charge on any atom is 0.227 e. The minimum atomic E-state index is -1.13. The molecular weight excluding hydrogens is 396 g/mol. The minimum absolute atomic E-state index is 0.162. The van der Waals surface area contributed by atoms with Gasteiger partial charge in [0.2, 0.25) is 11.7 Å². The predicted octanol–water partition coefficient (Wildman–Crippen LogP) is 4.16. The molecule has 7 heteroatoms. The van der Waals surface area contributed by atoms with Crippen molar-refractivity contribution in [3.05, 3.63) is 64.8 Å². The number of hydrogen-bond donors (Lipinski definition) is 1. The van der Waals surface area contributed by atoms with Crippen molar-refractivity contribution in [2.24, 2.45) is 0 Å². The van der Waals surface area contributed by atoms with Crippen LogP contribution in [0.25, 0.3) is 11.1 Å². The molecule has 0 spiro atoms. The molecule has 1 aromatic carbocycles. The molecule has 2 aromatic heterocycles. The number of Topliss-reactive ketones (excluding diaryl/α,β-unsaturated/α-hetero) is 1. The van der Waals surface area contributed by atoms with Gasteiger partial charge in [0.15, 0.2) is 5.60 Å². The Bertz CT molecular complexity index is 1100. The van der Waals surface area contributed by atoms with Crippen molar-refractivity contribution in [2.45, 2.75) is 38.3 Å². The highest BCUT2D eigenvalue weighted by atomic mass is 32.1. The molecule has 6 nitrogen and oxygen atoms in total. The molecule has 0 saturated carbocycles. The topological polar surface area (TPSA) is 87.9 Å². The smallest absolute Gasteiger partial charge is 0.227 e. The van der Waals surface area contributed by atoms with Gasteiger partial charge in [-0.15, -0.1) is 0 Å². The van der Waals surface area contributed by atoms with Gasteiger partial charge in [-0.25, -0.2) is 4.98 Å². The molecule has 152 valence electrons. The molecule has 0 radical (unpaired) electrons. The van der Waals surface area contributed by atoms with Gasteiger partial charge in [0, 0.05) is 35.3 Å². The predicted molar refractivity (Wildman–Crippen MR) is 116 cm³/mol. The summed E-state index contributed by atoms with van der Waals surface area (Å²) in [6, 6.07) is 13.9. The summed E-state index contributed by atoms with van der Waals surface area (Å²) in [5.74, 6) is 0.154. The van der Waals surface area contributed by atoms with Gasteiger partial charge >= 0.3 is 0 Å². The normalized spacial score (nSPS) is 21.0. The Labute approximate surface area is 179 Å². The Morgan fingerprint density at radius 2 is 2.13 bits per heavy atom. The van der Waals surface area contributed by atoms with Crippen molar-refractivity contribution in [1.29, 1.82) is 5.26 Å². The molecule has 1 aliphatic heterocycles. The molecule has 2 atom stereocenters. The Morgan fingerprint density at radius 3 is 2.83 bits per heavy atom. The first kappa shape index (κ1) is 20.2. The quantitative estimate of drug-likeness (QED) is 0.626. The summed E-state index contributed by atoms with van der Waals surface area (Å²) < 4.78 is 10.8. The number of pyridine rings is 1. The van der Waals surface area contributed by atoms with E-state index in [0.717, 1.165) is 17.5 Å². The van der Waals surface area contributed by atoms with Crippen LogP contribution in [0.2, 0.25) is 0 Å². The molecule has 1 aliphatic rings. The van der Waals surface area contributed by atoms with Crippen molar-refractivity contribution in [3.63, 3.8) is 0 Å². The van der Waals surface area contributed by atoms with Crippen LogP contribution in [0, 0.1) is 18.3 Å². The Balaban J connectivity index is 1.75. The zero-order chi connectivity index (χ0) is 21.1. The van der Waals surface area contributed by atoms with E-state index >= 15 is 0 Å². The van der Waals surface area contributed by atoms with Crippen LogP contribution in [0.1, 0.15) is 41.4 Å². The van der Waals surface area contributed by atoms with E-state index in [-0.39, 0.29) is 11.8 Å². The van der Waals surface area contributed by atoms with Crippen LogP contribution in [0.5, 0.6) is 5.88 Å². The SMILES string of the molecule is Cc1c(C#N)ccnc1O[C@]1(C(=O)c2nscc2-c2ccccc2)CC[C@@H](C)NC1. The second kappa shape index (κ2) is 8.34. The zero-order valence-corrected chi connectivity index (χ0v) is 17.7. The Kier molecular flexibility index (Phi) is 5.62. The highest BCUT2D eigenvalue weighted by Gasteiger charge is 2.46. The number of aromatic nitrogens is 2. The van der Waals surface area contributed by atoms with Gasteiger partial charge in [0.05, 0.1) is 11.6 Å². The first-order valence-corrected chi connectivity index (χ1v) is 10.7. The van der Waals surface area contributed by atoms with E-state index in [2.05, 4.69) is 27.7 Å². The lowest BCUT2D eigenvalue weighted by atomic mass is 9.84. The number of carbonyl (C=O) groups is 1. The lowest BCUT2D eigenvalue weighted by Gasteiger charge is -2.38. The van der Waals surface area contributed by atoms with Crippen molar-refractivity contribution >= 4 is 17.3 Å². The van der Waals surface area contributed by atoms with Gasteiger partial charge in [-0.05, 0) is 49.9 Å². The fourth-order valence-corrected chi connectivity index (χ4v) is 4.36. The monoisotopic (exact) mass is 418 g/mol. The number of piperidine rings is 1. The van der Waals surface area contributed by atoms with Crippen LogP contribution in [0.4, 0.5) is 0 Å². The molecule has 0 aliphatic carbocycles. The number of nitriles is 1. The third kappa shape index (κ3) is 3.72. The van der Waals surface area contributed by atoms with Crippen LogP contribution < -0.4 is 10.1 Å². The molecule has 0 bridgehead atoms. The number of nitrogens with one attached hydrogen (secondary N) is 1. The first-order valence-electron chi connectivity index (χ1n) is 9.87. The molecule has 4 rings (SSSR count). The average molecular weight is 419 g/mol. The van der Waals surface area contributed by atoms with Crippen LogP contribution >= 0.6 is 11.5 Å². The molecule has 3 aromatic rings. The van der Waals surface area contributed by atoms with Gasteiger partial charge in [0.1, 0.15) is 5.69 Å². The van der Waals surface area contributed by atoms with E-state index in [4.69, 9.17) is 4.74 Å². The van der Waals surface area contributed by atoms with Crippen molar-refractivity contribution in [3.8, 4) is 23.1 Å². The van der Waals surface area contributed by atoms with E-state index in [1.165, 1.54) is 17.7 Å². The average Bonchev–Trinajstić information content (AvgIpc) is 3.27. The number of ketones is 1. The third-order valence-electron chi connectivity index (χ3n) is 5.57. The van der Waals surface area contributed by atoms with Gasteiger partial charge in [-0.2, -0.15) is 9.64 Å². The molecule has 0 unspecified atom stereocenters. The lowest BCUT2D eigenvalue weighted by Crippen LogP contribution is -2.58. The minimum Gasteiger partial charge on any atom is -0.461 e. The van der Waals surface area contributed by atoms with E-state index < -0.39 is 5.60 Å². The number of hydrogen-bond acceptors (Lipinski definition) is 7. The van der Waals surface area contributed by atoms with Gasteiger partial charge in [-0.3, -0.25) is 4.79 Å². The van der Waals surface area contributed by atoms with Crippen LogP contribution in [-0.4, -0.2) is 33.3 Å². The van der Waals surface area contributed by atoms with E-state index in [0.29, 0.717) is 35.7 Å². The summed E-state index contributed by atoms with van der Waals surface area (Å²) in [4.78, 5) is 18.2. The number of nitrogens with zero attached hydrogens (tertiary/aromatic N) is 3. The van der Waals surface area contributed by atoms with Gasteiger partial charge in [0.25, 0.3) is 0 Å². The van der Waals surface area contributed by atoms with E-state index in [1.807, 2.05) is 35.7 Å². The van der Waals surface area contributed by atoms with E-state index in [1.54, 1.807) is 13.0 Å². The highest BCUT2D eigenvalue weighted by molar-refractivity contribution is 7.04. The first-order chi connectivity index (χ1) is 14.5. The van der Waals surface area contributed by atoms with Gasteiger partial charge in [-0.1, -0.05) is 30.3 Å². The summed E-state index contributed by atoms with van der Waals surface area (Å²) in [5.41, 5.74) is 2.16. The molecule has 1 N–H and O–H groups in total. The summed E-state index contributed by atoms with van der Waals surface area (Å²) in [7, 11) is 0. The zero-order valence-electron chi connectivity index (χ0n) is 16.9. The maximum absolute atomic E-state index is 13.8. The summed E-state index contributed by atoms with van der Waals surface area (Å²) >= 11 is 1.26. The van der Waals surface area contributed by atoms with Crippen LogP contribution in [-0.2, 0) is 0 Å². The van der Waals surface area contributed by atoms with E-state index in [9.17, 15) is 10.1 Å². The van der Waals surface area contributed by atoms with Crippen molar-refractivity contribution < 1.29 is 9.53 Å². The summed E-state index contributed by atoms with van der Waals surface area (Å²) in [6.45, 7) is 4.24. The van der Waals surface area contributed by atoms with Gasteiger partial charge < -0.3 is 10.1 Å². The summed E-state index contributed by atoms with van der Waals surface area (Å²) in [5, 5.41) is 14.6. The van der Waals surface area contributed by atoms with Crippen molar-refractivity contribution in [1.82, 2.24) is 14.7 Å². The fraction of sp³-hybridized carbons (Fsp3) is 0.304. The molecule has 1 fully saturated rings.